The van der Waals surface area contributed by atoms with Crippen LogP contribution in [0.2, 0.25) is 0 Å². The maximum atomic E-state index is 12.5. The van der Waals surface area contributed by atoms with Crippen LogP contribution in [0.3, 0.4) is 0 Å². The van der Waals surface area contributed by atoms with Gasteiger partial charge >= 0.3 is 0 Å². The van der Waals surface area contributed by atoms with E-state index in [2.05, 4.69) is 34.2 Å². The number of ether oxygens (including phenoxy) is 1. The lowest BCUT2D eigenvalue weighted by molar-refractivity contribution is 0.0953. The van der Waals surface area contributed by atoms with E-state index in [0.717, 1.165) is 42.6 Å². The fourth-order valence-electron chi connectivity index (χ4n) is 4.44. The normalized spacial score (nSPS) is 18.2. The first-order valence-corrected chi connectivity index (χ1v) is 11.6. The third kappa shape index (κ3) is 5.31. The highest BCUT2D eigenvalue weighted by atomic mass is 16.5. The first-order chi connectivity index (χ1) is 15.7. The Morgan fingerprint density at radius 1 is 1.00 bits per heavy atom. The van der Waals surface area contributed by atoms with Crippen LogP contribution in [0.15, 0.2) is 72.7 Å². The van der Waals surface area contributed by atoms with Gasteiger partial charge < -0.3 is 4.74 Å². The molecule has 0 radical (unpaired) electrons. The van der Waals surface area contributed by atoms with Crippen molar-refractivity contribution in [1.82, 2.24) is 9.97 Å². The molecule has 2 saturated carbocycles. The zero-order valence-corrected chi connectivity index (χ0v) is 18.2. The van der Waals surface area contributed by atoms with E-state index in [1.807, 2.05) is 36.5 Å². The van der Waals surface area contributed by atoms with Gasteiger partial charge in [0.05, 0.1) is 0 Å². The summed E-state index contributed by atoms with van der Waals surface area (Å²) in [5.41, 5.74) is 4.63. The summed E-state index contributed by atoms with van der Waals surface area (Å²) in [6.07, 6.45) is 15.0. The van der Waals surface area contributed by atoms with Crippen LogP contribution in [-0.2, 0) is 0 Å². The van der Waals surface area contributed by atoms with Crippen LogP contribution in [0.4, 0.5) is 0 Å². The van der Waals surface area contributed by atoms with Crippen molar-refractivity contribution in [2.75, 3.05) is 0 Å². The summed E-state index contributed by atoms with van der Waals surface area (Å²) in [5, 5.41) is 0. The highest BCUT2D eigenvalue weighted by Gasteiger charge is 2.23. The van der Waals surface area contributed by atoms with Gasteiger partial charge in [-0.05, 0) is 85.8 Å². The Morgan fingerprint density at radius 2 is 1.88 bits per heavy atom. The maximum Gasteiger partial charge on any atom is 0.219 e. The lowest BCUT2D eigenvalue weighted by atomic mass is 9.82. The van der Waals surface area contributed by atoms with Gasteiger partial charge in [-0.1, -0.05) is 29.8 Å². The molecule has 2 aromatic heterocycles. The molecule has 0 aliphatic heterocycles. The molecular weight excluding hydrogens is 396 g/mol. The summed E-state index contributed by atoms with van der Waals surface area (Å²) in [7, 11) is 0. The number of Topliss-reactive ketones (excluding diaryl/α,β-unsaturated/α-hetero) is 1. The fourth-order valence-corrected chi connectivity index (χ4v) is 4.44. The van der Waals surface area contributed by atoms with Crippen LogP contribution in [-0.4, -0.2) is 15.8 Å². The molecule has 0 amide bonds. The summed E-state index contributed by atoms with van der Waals surface area (Å²) in [5.74, 6) is 2.81. The van der Waals surface area contributed by atoms with Gasteiger partial charge in [0.2, 0.25) is 5.88 Å². The van der Waals surface area contributed by atoms with Crippen molar-refractivity contribution in [2.45, 2.75) is 50.9 Å². The quantitative estimate of drug-likeness (QED) is 0.383. The van der Waals surface area contributed by atoms with Crippen molar-refractivity contribution in [1.29, 1.82) is 0 Å². The maximum absolute atomic E-state index is 12.5. The second-order valence-corrected chi connectivity index (χ2v) is 8.99. The van der Waals surface area contributed by atoms with Gasteiger partial charge in [-0.2, -0.15) is 0 Å². The third-order valence-corrected chi connectivity index (χ3v) is 6.46. The molecular formula is C28H28N2O2. The number of hydrogen-bond acceptors (Lipinski definition) is 4. The minimum absolute atomic E-state index is 0.208. The van der Waals surface area contributed by atoms with E-state index in [9.17, 15) is 4.79 Å². The predicted molar refractivity (Wildman–Crippen MR) is 126 cm³/mol. The highest BCUT2D eigenvalue weighted by molar-refractivity contribution is 5.95. The van der Waals surface area contributed by atoms with Crippen LogP contribution in [0.5, 0.6) is 11.6 Å². The van der Waals surface area contributed by atoms with Crippen molar-refractivity contribution in [3.05, 3.63) is 89.4 Å². The molecule has 2 aliphatic carbocycles. The molecule has 32 heavy (non-hydrogen) atoms. The summed E-state index contributed by atoms with van der Waals surface area (Å²) in [6.45, 7) is 0. The smallest absolute Gasteiger partial charge is 0.219 e. The summed E-state index contributed by atoms with van der Waals surface area (Å²) >= 11 is 0. The lowest BCUT2D eigenvalue weighted by Gasteiger charge is -2.23. The number of hydrogen-bond donors (Lipinski definition) is 0. The fraction of sp³-hybridized carbons (Fsp3) is 0.321. The monoisotopic (exact) mass is 424 g/mol. The molecule has 4 nitrogen and oxygen atoms in total. The molecule has 5 rings (SSSR count). The summed E-state index contributed by atoms with van der Waals surface area (Å²) < 4.78 is 5.98. The molecule has 0 saturated heterocycles. The van der Waals surface area contributed by atoms with E-state index in [0.29, 0.717) is 24.1 Å². The second kappa shape index (κ2) is 9.47. The number of allylic oxidation sites excluding steroid dienone is 1. The Labute approximate surface area is 189 Å². The van der Waals surface area contributed by atoms with Crippen LogP contribution >= 0.6 is 0 Å². The molecule has 162 valence electrons. The second-order valence-electron chi connectivity index (χ2n) is 8.99. The SMILES string of the molecule is O=C(CC1CCC(=Cc2cccc(Oc3ccc(C4CC4)cn3)c2)CC1)c1cccnc1. The average Bonchev–Trinajstić information content (AvgIpc) is 3.67. The summed E-state index contributed by atoms with van der Waals surface area (Å²) in [6, 6.07) is 16.0. The van der Waals surface area contributed by atoms with Gasteiger partial charge in [0.1, 0.15) is 5.75 Å². The van der Waals surface area contributed by atoms with Crippen LogP contribution < -0.4 is 4.74 Å². The van der Waals surface area contributed by atoms with Crippen molar-refractivity contribution >= 4 is 11.9 Å². The number of benzene rings is 1. The molecule has 0 N–H and O–H groups in total. The Hall–Kier alpha value is -3.27. The number of aromatic nitrogens is 2. The number of rotatable bonds is 7. The van der Waals surface area contributed by atoms with E-state index in [4.69, 9.17) is 4.74 Å². The molecule has 2 fully saturated rings. The van der Waals surface area contributed by atoms with Gasteiger partial charge in [-0.25, -0.2) is 4.98 Å². The van der Waals surface area contributed by atoms with Gasteiger partial charge in [0.25, 0.3) is 0 Å². The molecule has 0 spiro atoms. The topological polar surface area (TPSA) is 52.1 Å². The largest absolute Gasteiger partial charge is 0.439 e. The molecule has 0 bridgehead atoms. The third-order valence-electron chi connectivity index (χ3n) is 6.46. The minimum atomic E-state index is 0.208. The Kier molecular flexibility index (Phi) is 6.11. The van der Waals surface area contributed by atoms with Crippen LogP contribution in [0, 0.1) is 5.92 Å². The van der Waals surface area contributed by atoms with E-state index in [1.165, 1.54) is 24.0 Å². The number of carbonyl (C=O) groups excluding carboxylic acids is 1. The van der Waals surface area contributed by atoms with Gasteiger partial charge in [-0.15, -0.1) is 0 Å². The van der Waals surface area contributed by atoms with Gasteiger partial charge in [-0.3, -0.25) is 9.78 Å². The van der Waals surface area contributed by atoms with E-state index < -0.39 is 0 Å². The zero-order chi connectivity index (χ0) is 21.8. The van der Waals surface area contributed by atoms with Crippen molar-refractivity contribution in [3.8, 4) is 11.6 Å². The minimum Gasteiger partial charge on any atom is -0.439 e. The first kappa shape index (κ1) is 20.6. The van der Waals surface area contributed by atoms with Crippen molar-refractivity contribution < 1.29 is 9.53 Å². The van der Waals surface area contributed by atoms with Crippen LogP contribution in [0.1, 0.15) is 72.3 Å². The molecule has 1 aromatic carbocycles. The molecule has 4 heteroatoms. The molecule has 2 heterocycles. The zero-order valence-electron chi connectivity index (χ0n) is 18.2. The molecule has 3 aromatic rings. The number of nitrogens with zero attached hydrogens (tertiary/aromatic N) is 2. The standard InChI is InChI=1S/C28H28N2O2/c31-27(25-4-2-14-29-18-25)17-21-8-6-20(7-9-21)15-22-3-1-5-26(16-22)32-28-13-12-24(19-30-28)23-10-11-23/h1-5,12-16,18-19,21,23H,6-11,17H2. The van der Waals surface area contributed by atoms with E-state index >= 15 is 0 Å². The Balaban J connectivity index is 1.16. The molecule has 0 unspecified atom stereocenters. The average molecular weight is 425 g/mol. The highest BCUT2D eigenvalue weighted by Crippen LogP contribution is 2.40. The first-order valence-electron chi connectivity index (χ1n) is 11.6. The number of ketones is 1. The van der Waals surface area contributed by atoms with Crippen molar-refractivity contribution in [2.24, 2.45) is 5.92 Å². The molecule has 2 aliphatic rings. The van der Waals surface area contributed by atoms with Gasteiger partial charge in [0.15, 0.2) is 5.78 Å². The number of pyridine rings is 2. The Morgan fingerprint density at radius 3 is 2.59 bits per heavy atom. The van der Waals surface area contributed by atoms with E-state index in [1.54, 1.807) is 12.4 Å². The summed E-state index contributed by atoms with van der Waals surface area (Å²) in [4.78, 5) is 21.0. The molecule has 0 atom stereocenters. The van der Waals surface area contributed by atoms with Gasteiger partial charge in [0, 0.05) is 36.6 Å². The Bertz CT molecular complexity index is 1090. The lowest BCUT2D eigenvalue weighted by Crippen LogP contribution is -2.13. The van der Waals surface area contributed by atoms with Crippen molar-refractivity contribution in [3.63, 3.8) is 0 Å². The van der Waals surface area contributed by atoms with E-state index in [-0.39, 0.29) is 5.78 Å². The van der Waals surface area contributed by atoms with Crippen LogP contribution in [0.25, 0.3) is 6.08 Å². The number of carbonyl (C=O) groups is 1. The predicted octanol–water partition coefficient (Wildman–Crippen LogP) is 6.99.